The van der Waals surface area contributed by atoms with Gasteiger partial charge in [-0.1, -0.05) is 18.2 Å². The van der Waals surface area contributed by atoms with Gasteiger partial charge in [-0.05, 0) is 35.9 Å². The molecule has 0 bridgehead atoms. The Morgan fingerprint density at radius 3 is 2.09 bits per heavy atom. The average molecular weight is 509 g/mol. The Hall–Kier alpha value is -1.39. The van der Waals surface area contributed by atoms with E-state index in [1.54, 1.807) is 30.3 Å². The van der Waals surface area contributed by atoms with E-state index in [-0.39, 0.29) is 75.9 Å². The number of para-hydroxylation sites is 1. The van der Waals surface area contributed by atoms with Gasteiger partial charge in [-0.3, -0.25) is 15.0 Å². The van der Waals surface area contributed by atoms with Crippen molar-refractivity contribution in [2.45, 2.75) is 11.8 Å². The number of amides is 1. The molecule has 0 heterocycles. The molecule has 0 saturated heterocycles. The van der Waals surface area contributed by atoms with Crippen LogP contribution in [0, 0.1) is 0 Å². The van der Waals surface area contributed by atoms with Crippen LogP contribution in [0.5, 0.6) is 0 Å². The molecule has 0 aliphatic heterocycles. The molecule has 0 aromatic heterocycles. The SMILES string of the molecule is CC(=O)Nc1cc(S(=O)(=O)[O-])cc2c1C(=O)/C(=N/Nc1ccccc1)C(S(=O)(=O)[O-])=C2.[Na+].[Na+]. The Bertz CT molecular complexity index is 1370. The summed E-state index contributed by atoms with van der Waals surface area (Å²) < 4.78 is 69.7. The zero-order chi connectivity index (χ0) is 23.0. The number of carbonyl (C=O) groups is 2. The van der Waals surface area contributed by atoms with Crippen molar-refractivity contribution in [1.82, 2.24) is 0 Å². The molecule has 3 rings (SSSR count). The van der Waals surface area contributed by atoms with Crippen LogP contribution in [0.3, 0.4) is 0 Å². The number of ketones is 1. The quantitative estimate of drug-likeness (QED) is 0.226. The van der Waals surface area contributed by atoms with Gasteiger partial charge in [-0.2, -0.15) is 5.10 Å². The molecule has 0 radical (unpaired) electrons. The first kappa shape index (κ1) is 29.6. The van der Waals surface area contributed by atoms with Gasteiger partial charge in [0.2, 0.25) is 11.7 Å². The van der Waals surface area contributed by atoms with Gasteiger partial charge in [-0.25, -0.2) is 16.8 Å². The summed E-state index contributed by atoms with van der Waals surface area (Å²) in [7, 11) is -10.3. The van der Waals surface area contributed by atoms with Crippen LogP contribution < -0.4 is 69.9 Å². The number of carbonyl (C=O) groups excluding carboxylic acids is 2. The van der Waals surface area contributed by atoms with Crippen LogP contribution in [0.4, 0.5) is 11.4 Å². The second-order valence-electron chi connectivity index (χ2n) is 6.30. The van der Waals surface area contributed by atoms with E-state index in [0.29, 0.717) is 5.69 Å². The molecule has 0 spiro atoms. The van der Waals surface area contributed by atoms with E-state index in [0.717, 1.165) is 25.1 Å². The van der Waals surface area contributed by atoms with Gasteiger partial charge < -0.3 is 14.4 Å². The van der Waals surface area contributed by atoms with Crippen molar-refractivity contribution < 1.29 is 94.6 Å². The summed E-state index contributed by atoms with van der Waals surface area (Å²) in [5, 5.41) is 5.98. The maximum Gasteiger partial charge on any atom is 1.00 e. The molecule has 11 nitrogen and oxygen atoms in total. The Morgan fingerprint density at radius 1 is 0.970 bits per heavy atom. The van der Waals surface area contributed by atoms with E-state index in [9.17, 15) is 35.5 Å². The minimum Gasteiger partial charge on any atom is -0.744 e. The summed E-state index contributed by atoms with van der Waals surface area (Å²) in [5.41, 5.74) is 1.05. The second kappa shape index (κ2) is 11.4. The zero-order valence-electron chi connectivity index (χ0n) is 17.6. The van der Waals surface area contributed by atoms with Gasteiger partial charge in [0.05, 0.1) is 26.7 Å². The number of allylic oxidation sites excluding steroid dienone is 1. The summed E-state index contributed by atoms with van der Waals surface area (Å²) >= 11 is 0. The van der Waals surface area contributed by atoms with Crippen molar-refractivity contribution in [3.05, 3.63) is 58.5 Å². The zero-order valence-corrected chi connectivity index (χ0v) is 23.3. The van der Waals surface area contributed by atoms with Gasteiger partial charge >= 0.3 is 59.1 Å². The Balaban J connectivity index is 0.00000272. The fourth-order valence-electron chi connectivity index (χ4n) is 2.81. The van der Waals surface area contributed by atoms with E-state index in [2.05, 4.69) is 15.8 Å². The smallest absolute Gasteiger partial charge is 0.744 e. The number of Topliss-reactive ketones (excluding diaryl/α,β-unsaturated/α-hetero) is 1. The molecule has 0 saturated carbocycles. The molecule has 2 aromatic rings. The number of benzene rings is 2. The third-order valence-corrected chi connectivity index (χ3v) is 5.71. The molecule has 162 valence electrons. The molecule has 2 N–H and O–H groups in total. The van der Waals surface area contributed by atoms with E-state index in [4.69, 9.17) is 0 Å². The molecule has 33 heavy (non-hydrogen) atoms. The summed E-state index contributed by atoms with van der Waals surface area (Å²) in [6.07, 6.45) is 0.727. The van der Waals surface area contributed by atoms with Gasteiger partial charge in [0, 0.05) is 6.92 Å². The molecule has 1 aliphatic carbocycles. The first-order valence-electron chi connectivity index (χ1n) is 8.41. The van der Waals surface area contributed by atoms with Crippen LogP contribution in [0.15, 0.2) is 57.4 Å². The monoisotopic (exact) mass is 509 g/mol. The standard InChI is InChI=1S/C18H15N3O8S2.2Na/c1-10(22)19-14-9-13(30(24,25)26)7-11-8-15(31(27,28)29)17(18(23)16(11)14)21-20-12-5-3-2-4-6-12;;/h2-9,20H,1H3,(H,19,22)(H,24,25,26)(H,27,28,29);;/q;2*+1/p-2/b21-17+;;. The maximum atomic E-state index is 13.1. The van der Waals surface area contributed by atoms with E-state index < -0.39 is 47.4 Å². The normalized spacial score (nSPS) is 14.3. The van der Waals surface area contributed by atoms with Crippen LogP contribution in [-0.4, -0.2) is 43.3 Å². The molecule has 0 unspecified atom stereocenters. The number of nitrogens with zero attached hydrogens (tertiary/aromatic N) is 1. The van der Waals surface area contributed by atoms with Crippen LogP contribution in [-0.2, 0) is 25.0 Å². The minimum absolute atomic E-state index is 0. The number of hydrazone groups is 1. The Morgan fingerprint density at radius 2 is 1.58 bits per heavy atom. The predicted molar refractivity (Wildman–Crippen MR) is 108 cm³/mol. The number of hydrogen-bond donors (Lipinski definition) is 2. The van der Waals surface area contributed by atoms with Crippen LogP contribution in [0.2, 0.25) is 0 Å². The van der Waals surface area contributed by atoms with E-state index >= 15 is 0 Å². The van der Waals surface area contributed by atoms with Crippen molar-refractivity contribution in [3.8, 4) is 0 Å². The number of hydrogen-bond acceptors (Lipinski definition) is 10. The van der Waals surface area contributed by atoms with Crippen LogP contribution in [0.1, 0.15) is 22.8 Å². The molecular weight excluding hydrogens is 496 g/mol. The molecular formula is C18H13N3Na2O8S2. The molecule has 1 aliphatic rings. The van der Waals surface area contributed by atoms with Crippen molar-refractivity contribution >= 4 is 55.1 Å². The van der Waals surface area contributed by atoms with Gasteiger partial charge in [-0.15, -0.1) is 0 Å². The number of anilines is 2. The third-order valence-electron chi connectivity index (χ3n) is 4.04. The molecule has 15 heteroatoms. The largest absolute Gasteiger partial charge is 1.00 e. The molecule has 1 amide bonds. The third kappa shape index (κ3) is 7.05. The average Bonchev–Trinajstić information content (AvgIpc) is 2.65. The van der Waals surface area contributed by atoms with Gasteiger partial charge in [0.25, 0.3) is 0 Å². The van der Waals surface area contributed by atoms with Gasteiger partial charge in [0.1, 0.15) is 25.9 Å². The minimum atomic E-state index is -5.23. The maximum absolute atomic E-state index is 13.1. The Kier molecular flexibility index (Phi) is 10.2. The molecule has 0 fully saturated rings. The number of rotatable bonds is 5. The fraction of sp³-hybridized carbons (Fsp3) is 0.0556. The summed E-state index contributed by atoms with van der Waals surface area (Å²) in [6.45, 7) is 1.08. The van der Waals surface area contributed by atoms with Crippen molar-refractivity contribution in [2.75, 3.05) is 10.7 Å². The fourth-order valence-corrected chi connectivity index (χ4v) is 3.99. The van der Waals surface area contributed by atoms with E-state index in [1.165, 1.54) is 0 Å². The molecule has 0 atom stereocenters. The van der Waals surface area contributed by atoms with Crippen molar-refractivity contribution in [2.24, 2.45) is 5.10 Å². The number of fused-ring (bicyclic) bond motifs is 1. The van der Waals surface area contributed by atoms with Crippen LogP contribution >= 0.6 is 0 Å². The summed E-state index contributed by atoms with van der Waals surface area (Å²) in [5.74, 6) is -1.77. The van der Waals surface area contributed by atoms with Crippen molar-refractivity contribution in [1.29, 1.82) is 0 Å². The first-order chi connectivity index (χ1) is 14.4. The predicted octanol–water partition coefficient (Wildman–Crippen LogP) is -4.89. The first-order valence-corrected chi connectivity index (χ1v) is 11.2. The van der Waals surface area contributed by atoms with E-state index in [1.807, 2.05) is 0 Å². The molecule has 2 aromatic carbocycles. The Labute approximate surface area is 233 Å². The van der Waals surface area contributed by atoms with Gasteiger partial charge in [0.15, 0.2) is 0 Å². The second-order valence-corrected chi connectivity index (χ2v) is 9.03. The summed E-state index contributed by atoms with van der Waals surface area (Å²) in [6, 6.07) is 9.63. The summed E-state index contributed by atoms with van der Waals surface area (Å²) in [4.78, 5) is 22.7. The van der Waals surface area contributed by atoms with Crippen molar-refractivity contribution in [3.63, 3.8) is 0 Å². The topological polar surface area (TPSA) is 185 Å². The number of nitrogens with one attached hydrogen (secondary N) is 2. The van der Waals surface area contributed by atoms with Crippen LogP contribution in [0.25, 0.3) is 6.08 Å².